The Balaban J connectivity index is 1.79. The summed E-state index contributed by atoms with van der Waals surface area (Å²) in [5, 5.41) is 3.51. The topological polar surface area (TPSA) is 24.9 Å². The van der Waals surface area contributed by atoms with Gasteiger partial charge in [0.05, 0.1) is 5.69 Å². The minimum atomic E-state index is 0.476. The first-order chi connectivity index (χ1) is 7.46. The van der Waals surface area contributed by atoms with E-state index in [0.29, 0.717) is 10.8 Å². The fourth-order valence-electron chi connectivity index (χ4n) is 2.69. The zero-order valence-electron chi connectivity index (χ0n) is 10.7. The minimum absolute atomic E-state index is 0.476. The molecule has 0 atom stereocenters. The van der Waals surface area contributed by atoms with Crippen LogP contribution in [0.2, 0.25) is 0 Å². The van der Waals surface area contributed by atoms with Gasteiger partial charge in [-0.3, -0.25) is 4.98 Å². The van der Waals surface area contributed by atoms with Crippen molar-refractivity contribution in [1.29, 1.82) is 0 Å². The van der Waals surface area contributed by atoms with Gasteiger partial charge in [0, 0.05) is 12.7 Å². The Bertz CT molecular complexity index is 340. The van der Waals surface area contributed by atoms with E-state index in [-0.39, 0.29) is 0 Å². The fraction of sp³-hybridized carbons (Fsp3) is 0.643. The second-order valence-corrected chi connectivity index (χ2v) is 5.95. The fourth-order valence-corrected chi connectivity index (χ4v) is 2.69. The maximum absolute atomic E-state index is 4.31. The molecule has 1 N–H and O–H groups in total. The molecule has 1 aromatic rings. The van der Waals surface area contributed by atoms with Gasteiger partial charge in [0.1, 0.15) is 0 Å². The highest BCUT2D eigenvalue weighted by Gasteiger charge is 2.63. The van der Waals surface area contributed by atoms with Gasteiger partial charge in [-0.25, -0.2) is 0 Å². The molecule has 0 radical (unpaired) electrons. The lowest BCUT2D eigenvalue weighted by Crippen LogP contribution is -2.19. The van der Waals surface area contributed by atoms with Crippen molar-refractivity contribution in [1.82, 2.24) is 10.3 Å². The van der Waals surface area contributed by atoms with Gasteiger partial charge in [-0.15, -0.1) is 0 Å². The van der Waals surface area contributed by atoms with Crippen molar-refractivity contribution < 1.29 is 0 Å². The third kappa shape index (κ3) is 1.86. The van der Waals surface area contributed by atoms with Gasteiger partial charge in [-0.2, -0.15) is 0 Å². The third-order valence-corrected chi connectivity index (χ3v) is 4.70. The summed E-state index contributed by atoms with van der Waals surface area (Å²) < 4.78 is 0. The SMILES string of the molecule is CC1(C)C(CNCc2ccccn2)C1(C)C. The Morgan fingerprint density at radius 1 is 1.19 bits per heavy atom. The predicted octanol–water partition coefficient (Wildman–Crippen LogP) is 2.85. The van der Waals surface area contributed by atoms with Crippen LogP contribution >= 0.6 is 0 Å². The van der Waals surface area contributed by atoms with E-state index in [0.717, 1.165) is 24.7 Å². The van der Waals surface area contributed by atoms with E-state index in [4.69, 9.17) is 0 Å². The number of hydrogen-bond donors (Lipinski definition) is 1. The maximum Gasteiger partial charge on any atom is 0.0541 e. The summed E-state index contributed by atoms with van der Waals surface area (Å²) in [6.07, 6.45) is 1.85. The Labute approximate surface area is 98.5 Å². The molecule has 2 nitrogen and oxygen atoms in total. The smallest absolute Gasteiger partial charge is 0.0541 e. The zero-order valence-corrected chi connectivity index (χ0v) is 10.7. The maximum atomic E-state index is 4.31. The zero-order chi connectivity index (χ0) is 11.8. The molecule has 88 valence electrons. The van der Waals surface area contributed by atoms with Gasteiger partial charge in [0.15, 0.2) is 0 Å². The minimum Gasteiger partial charge on any atom is -0.311 e. The number of nitrogens with zero attached hydrogens (tertiary/aromatic N) is 1. The molecule has 0 saturated heterocycles. The quantitative estimate of drug-likeness (QED) is 0.840. The van der Waals surface area contributed by atoms with Crippen molar-refractivity contribution in [2.75, 3.05) is 6.54 Å². The van der Waals surface area contributed by atoms with E-state index in [9.17, 15) is 0 Å². The molecule has 1 aromatic heterocycles. The van der Waals surface area contributed by atoms with Crippen molar-refractivity contribution >= 4 is 0 Å². The molecule has 1 aliphatic rings. The molecule has 16 heavy (non-hydrogen) atoms. The Kier molecular flexibility index (Phi) is 2.79. The summed E-state index contributed by atoms with van der Waals surface area (Å²) in [6, 6.07) is 6.06. The molecule has 0 aromatic carbocycles. The van der Waals surface area contributed by atoms with E-state index >= 15 is 0 Å². The normalized spacial score (nSPS) is 22.0. The summed E-state index contributed by atoms with van der Waals surface area (Å²) in [7, 11) is 0. The van der Waals surface area contributed by atoms with E-state index in [1.54, 1.807) is 0 Å². The highest BCUT2D eigenvalue weighted by molar-refractivity contribution is 5.13. The summed E-state index contributed by atoms with van der Waals surface area (Å²) in [5.74, 6) is 0.781. The number of nitrogens with one attached hydrogen (secondary N) is 1. The van der Waals surface area contributed by atoms with Gasteiger partial charge in [-0.1, -0.05) is 33.8 Å². The molecule has 1 aliphatic carbocycles. The van der Waals surface area contributed by atoms with E-state index in [1.807, 2.05) is 18.3 Å². The lowest BCUT2D eigenvalue weighted by molar-refractivity contribution is 0.457. The summed E-state index contributed by atoms with van der Waals surface area (Å²) in [5.41, 5.74) is 2.08. The van der Waals surface area contributed by atoms with E-state index in [2.05, 4.69) is 44.1 Å². The monoisotopic (exact) mass is 218 g/mol. The predicted molar refractivity (Wildman–Crippen MR) is 67.0 cm³/mol. The first-order valence-electron chi connectivity index (χ1n) is 6.07. The number of aromatic nitrogens is 1. The first-order valence-corrected chi connectivity index (χ1v) is 6.07. The standard InChI is InChI=1S/C14H22N2/c1-13(2)12(14(13,3)4)10-15-9-11-7-5-6-8-16-11/h5-8,12,15H,9-10H2,1-4H3. The van der Waals surface area contributed by atoms with Gasteiger partial charge in [0.2, 0.25) is 0 Å². The molecule has 1 saturated carbocycles. The van der Waals surface area contributed by atoms with Gasteiger partial charge in [-0.05, 0) is 35.4 Å². The number of rotatable bonds is 4. The van der Waals surface area contributed by atoms with Crippen LogP contribution in [0.25, 0.3) is 0 Å². The van der Waals surface area contributed by atoms with Crippen LogP contribution in [0.15, 0.2) is 24.4 Å². The van der Waals surface area contributed by atoms with Crippen molar-refractivity contribution in [2.45, 2.75) is 34.2 Å². The van der Waals surface area contributed by atoms with Crippen molar-refractivity contribution in [2.24, 2.45) is 16.7 Å². The summed E-state index contributed by atoms with van der Waals surface area (Å²) in [4.78, 5) is 4.31. The molecule has 0 unspecified atom stereocenters. The molecule has 2 rings (SSSR count). The first kappa shape index (κ1) is 11.6. The Morgan fingerprint density at radius 2 is 1.88 bits per heavy atom. The van der Waals surface area contributed by atoms with Crippen molar-refractivity contribution in [3.63, 3.8) is 0 Å². The Hall–Kier alpha value is -0.890. The molecule has 2 heteroatoms. The van der Waals surface area contributed by atoms with Crippen LogP contribution in [0, 0.1) is 16.7 Å². The highest BCUT2D eigenvalue weighted by atomic mass is 14.9. The van der Waals surface area contributed by atoms with Crippen LogP contribution < -0.4 is 5.32 Å². The molecule has 0 aliphatic heterocycles. The molecule has 0 bridgehead atoms. The second-order valence-electron chi connectivity index (χ2n) is 5.95. The lowest BCUT2D eigenvalue weighted by Gasteiger charge is -2.05. The second kappa shape index (κ2) is 3.85. The molecular formula is C14H22N2. The van der Waals surface area contributed by atoms with Crippen LogP contribution in [-0.4, -0.2) is 11.5 Å². The largest absolute Gasteiger partial charge is 0.311 e. The number of hydrogen-bond acceptors (Lipinski definition) is 2. The Morgan fingerprint density at radius 3 is 2.38 bits per heavy atom. The average Bonchev–Trinajstić information content (AvgIpc) is 2.62. The van der Waals surface area contributed by atoms with Crippen LogP contribution in [0.4, 0.5) is 0 Å². The van der Waals surface area contributed by atoms with Crippen LogP contribution in [0.3, 0.4) is 0 Å². The molecular weight excluding hydrogens is 196 g/mol. The van der Waals surface area contributed by atoms with Crippen LogP contribution in [0.1, 0.15) is 33.4 Å². The number of pyridine rings is 1. The summed E-state index contributed by atoms with van der Waals surface area (Å²) >= 11 is 0. The molecule has 1 heterocycles. The highest BCUT2D eigenvalue weighted by Crippen LogP contribution is 2.67. The third-order valence-electron chi connectivity index (χ3n) is 4.70. The van der Waals surface area contributed by atoms with Gasteiger partial charge >= 0.3 is 0 Å². The van der Waals surface area contributed by atoms with E-state index in [1.165, 1.54) is 0 Å². The van der Waals surface area contributed by atoms with Crippen LogP contribution in [-0.2, 0) is 6.54 Å². The molecule has 0 spiro atoms. The van der Waals surface area contributed by atoms with Gasteiger partial charge < -0.3 is 5.32 Å². The summed E-state index contributed by atoms with van der Waals surface area (Å²) in [6.45, 7) is 11.4. The van der Waals surface area contributed by atoms with Crippen LogP contribution in [0.5, 0.6) is 0 Å². The van der Waals surface area contributed by atoms with E-state index < -0.39 is 0 Å². The van der Waals surface area contributed by atoms with Gasteiger partial charge in [0.25, 0.3) is 0 Å². The lowest BCUT2D eigenvalue weighted by atomic mass is 10.0. The van der Waals surface area contributed by atoms with Crippen molar-refractivity contribution in [3.05, 3.63) is 30.1 Å². The average molecular weight is 218 g/mol. The van der Waals surface area contributed by atoms with Crippen molar-refractivity contribution in [3.8, 4) is 0 Å². The molecule has 0 amide bonds. The molecule has 1 fully saturated rings.